The lowest BCUT2D eigenvalue weighted by Crippen LogP contribution is -2.60. The van der Waals surface area contributed by atoms with Crippen LogP contribution in [0.4, 0.5) is 0 Å². The number of amides is 8. The number of aliphatic imine (C=N–C) groups is 4. The fourth-order valence-corrected chi connectivity index (χ4v) is 6.90. The lowest BCUT2D eigenvalue weighted by Gasteiger charge is -2.28. The van der Waals surface area contributed by atoms with Crippen LogP contribution in [-0.4, -0.2) is 175 Å². The zero-order valence-electron chi connectivity index (χ0n) is 44.1. The number of aliphatic carboxylic acids is 1. The van der Waals surface area contributed by atoms with Crippen molar-refractivity contribution in [3.8, 4) is 0 Å². The van der Waals surface area contributed by atoms with Crippen LogP contribution in [0.25, 0.3) is 0 Å². The summed E-state index contributed by atoms with van der Waals surface area (Å²) in [5, 5.41) is 38.9. The van der Waals surface area contributed by atoms with E-state index in [0.29, 0.717) is 6.42 Å². The van der Waals surface area contributed by atoms with Crippen molar-refractivity contribution in [3.63, 3.8) is 0 Å². The average molecular weight is 1080 g/mol. The molecule has 0 aliphatic rings. The molecule has 0 aromatic carbocycles. The quantitative estimate of drug-likeness (QED) is 0.0155. The molecule has 32 nitrogen and oxygen atoms in total. The fraction of sp³-hybridized carbons (Fsp3) is 0.705. The molecule has 76 heavy (non-hydrogen) atoms. The first-order valence-electron chi connectivity index (χ1n) is 24.8. The third-order valence-corrected chi connectivity index (χ3v) is 10.7. The number of hydrogen-bond acceptors (Lipinski definition) is 15. The Bertz CT molecular complexity index is 2020. The number of carboxylic acid groups (broad SMARTS) is 1. The lowest BCUT2D eigenvalue weighted by atomic mass is 10.0. The number of nitrogens with one attached hydrogen (secondary N) is 8. The van der Waals surface area contributed by atoms with Gasteiger partial charge in [0.2, 0.25) is 47.3 Å². The third kappa shape index (κ3) is 31.1. The summed E-state index contributed by atoms with van der Waals surface area (Å²) in [5.41, 5.74) is 49.7. The van der Waals surface area contributed by atoms with E-state index in [4.69, 9.17) is 56.7 Å². The van der Waals surface area contributed by atoms with Crippen molar-refractivity contribution < 1.29 is 53.4 Å². The van der Waals surface area contributed by atoms with E-state index in [9.17, 15) is 48.3 Å². The van der Waals surface area contributed by atoms with Crippen LogP contribution >= 0.6 is 0 Å². The highest BCUT2D eigenvalue weighted by atomic mass is 16.4. The monoisotopic (exact) mass is 1080 g/mol. The molecule has 8 amide bonds. The summed E-state index contributed by atoms with van der Waals surface area (Å²) in [7, 11) is 0. The first-order valence-corrected chi connectivity index (χ1v) is 24.8. The lowest BCUT2D eigenvalue weighted by molar-refractivity contribution is -0.138. The molecule has 0 saturated carbocycles. The number of nitrogens with zero attached hydrogens (tertiary/aromatic N) is 4. The van der Waals surface area contributed by atoms with Crippen molar-refractivity contribution in [3.05, 3.63) is 0 Å². The van der Waals surface area contributed by atoms with Crippen molar-refractivity contribution >= 4 is 77.1 Å². The minimum Gasteiger partial charge on any atom is -0.480 e. The highest BCUT2D eigenvalue weighted by Crippen LogP contribution is 2.11. The molecule has 0 bridgehead atoms. The van der Waals surface area contributed by atoms with Gasteiger partial charge in [0, 0.05) is 26.2 Å². The summed E-state index contributed by atoms with van der Waals surface area (Å²) in [4.78, 5) is 135. The van der Waals surface area contributed by atoms with E-state index in [1.54, 1.807) is 27.7 Å². The van der Waals surface area contributed by atoms with Crippen molar-refractivity contribution in [1.29, 1.82) is 0 Å². The molecule has 8 atom stereocenters. The molecule has 0 fully saturated rings. The number of rotatable bonds is 38. The van der Waals surface area contributed by atoms with Gasteiger partial charge in [-0.2, -0.15) is 0 Å². The van der Waals surface area contributed by atoms with Gasteiger partial charge in [0.05, 0.1) is 12.6 Å². The summed E-state index contributed by atoms with van der Waals surface area (Å²) >= 11 is 0. The van der Waals surface area contributed by atoms with Crippen LogP contribution in [0, 0.1) is 11.8 Å². The van der Waals surface area contributed by atoms with Crippen LogP contribution in [0.2, 0.25) is 0 Å². The number of nitrogens with two attached hydrogens (primary N) is 9. The Morgan fingerprint density at radius 2 is 0.711 bits per heavy atom. The molecule has 0 rings (SSSR count). The van der Waals surface area contributed by atoms with Crippen LogP contribution in [0.3, 0.4) is 0 Å². The third-order valence-electron chi connectivity index (χ3n) is 10.7. The largest absolute Gasteiger partial charge is 0.480 e. The smallest absolute Gasteiger partial charge is 0.322 e. The Labute approximate surface area is 442 Å². The molecule has 0 spiro atoms. The molecule has 0 saturated heterocycles. The second-order valence-corrected chi connectivity index (χ2v) is 18.6. The second kappa shape index (κ2) is 37.0. The van der Waals surface area contributed by atoms with E-state index in [1.165, 1.54) is 6.92 Å². The summed E-state index contributed by atoms with van der Waals surface area (Å²) in [6.45, 7) is 6.98. The number of carboxylic acids is 1. The number of aliphatic hydroxyl groups is 1. The molecule has 0 aliphatic heterocycles. The van der Waals surface area contributed by atoms with E-state index in [1.807, 2.05) is 0 Å². The Morgan fingerprint density at radius 1 is 0.408 bits per heavy atom. The summed E-state index contributed by atoms with van der Waals surface area (Å²) in [6, 6.07) is -10.7. The van der Waals surface area contributed by atoms with Gasteiger partial charge in [-0.3, -0.25) is 63.1 Å². The summed E-state index contributed by atoms with van der Waals surface area (Å²) in [5.74, 6) is -9.31. The minimum atomic E-state index is -1.63. The van der Waals surface area contributed by atoms with Crippen LogP contribution in [0.5, 0.6) is 0 Å². The minimum absolute atomic E-state index is 0.00775. The topological polar surface area (TPSA) is 574 Å². The van der Waals surface area contributed by atoms with Crippen LogP contribution in [-0.2, 0) is 43.2 Å². The number of carbonyl (C=O) groups is 9. The second-order valence-electron chi connectivity index (χ2n) is 18.6. The Balaban J connectivity index is 6.68. The van der Waals surface area contributed by atoms with Crippen LogP contribution in [0.15, 0.2) is 20.0 Å². The van der Waals surface area contributed by atoms with E-state index in [2.05, 4.69) is 62.5 Å². The maximum absolute atomic E-state index is 14.2. The molecule has 0 radical (unpaired) electrons. The van der Waals surface area contributed by atoms with Crippen molar-refractivity contribution in [2.75, 3.05) is 39.3 Å². The summed E-state index contributed by atoms with van der Waals surface area (Å²) in [6.07, 6.45) is 0.882. The summed E-state index contributed by atoms with van der Waals surface area (Å²) < 4.78 is 0. The zero-order chi connectivity index (χ0) is 58.1. The maximum atomic E-state index is 14.2. The van der Waals surface area contributed by atoms with Gasteiger partial charge in [0.1, 0.15) is 48.8 Å². The number of guanidine groups is 4. The van der Waals surface area contributed by atoms with E-state index >= 15 is 0 Å². The molecule has 0 unspecified atom stereocenters. The average Bonchev–Trinajstić information content (AvgIpc) is 3.32. The van der Waals surface area contributed by atoms with E-state index in [0.717, 1.165) is 0 Å². The fourth-order valence-electron chi connectivity index (χ4n) is 6.90. The highest BCUT2D eigenvalue weighted by molar-refractivity contribution is 5.98. The first-order chi connectivity index (χ1) is 35.6. The molecular formula is C44H85N21O11. The van der Waals surface area contributed by atoms with Gasteiger partial charge in [-0.05, 0) is 83.0 Å². The normalized spacial score (nSPS) is 14.0. The van der Waals surface area contributed by atoms with E-state index < -0.39 is 115 Å². The molecule has 28 N–H and O–H groups in total. The molecule has 32 heteroatoms. The molecule has 0 heterocycles. The standard InChI is InChI=1S/C44H85N21O11/c1-22(2)18-29(35(71)58-20-32(67)68)63-40(76)31(21-66)65-33(69)24(5)59-36(72)26(11-7-15-55-42(48)49)61-37(73)28(13-9-17-57-44(52)53)62-39(75)30(19-23(3)4)64-38(74)27(12-8-16-56-43(50)51)60-34(70)25(45)10-6-14-54-41(46)47/h22-31,66H,6-21,45H2,1-5H3,(H,58,71)(H,59,72)(H,60,70)(H,61,73)(H,62,75)(H,63,76)(H,64,74)(H,65,69)(H,67,68)(H4,46,47,54)(H4,48,49,55)(H4,50,51,56)(H4,52,53,57)/t24-,25-,26-,27-,28-,29-,30-,31-/m0/s1. The maximum Gasteiger partial charge on any atom is 0.322 e. The van der Waals surface area contributed by atoms with Crippen LogP contribution in [0.1, 0.15) is 98.8 Å². The highest BCUT2D eigenvalue weighted by Gasteiger charge is 2.34. The number of carbonyl (C=O) groups excluding carboxylic acids is 8. The molecule has 0 aliphatic carbocycles. The van der Waals surface area contributed by atoms with Crippen molar-refractivity contribution in [1.82, 2.24) is 42.5 Å². The van der Waals surface area contributed by atoms with Gasteiger partial charge in [0.15, 0.2) is 23.8 Å². The Kier molecular flexibility index (Phi) is 33.3. The predicted molar refractivity (Wildman–Crippen MR) is 283 cm³/mol. The van der Waals surface area contributed by atoms with Gasteiger partial charge in [-0.1, -0.05) is 27.7 Å². The van der Waals surface area contributed by atoms with Crippen LogP contribution < -0.4 is 94.1 Å². The van der Waals surface area contributed by atoms with Crippen molar-refractivity contribution in [2.45, 2.75) is 147 Å². The molecular weight excluding hydrogens is 999 g/mol. The van der Waals surface area contributed by atoms with Gasteiger partial charge < -0.3 is 104 Å². The van der Waals surface area contributed by atoms with Gasteiger partial charge in [-0.25, -0.2) is 0 Å². The predicted octanol–water partition coefficient (Wildman–Crippen LogP) is -7.77. The number of hydrogen-bond donors (Lipinski definition) is 19. The molecule has 432 valence electrons. The van der Waals surface area contributed by atoms with E-state index in [-0.39, 0.29) is 120 Å². The zero-order valence-corrected chi connectivity index (χ0v) is 44.1. The molecule has 0 aromatic rings. The Morgan fingerprint density at radius 3 is 1.07 bits per heavy atom. The molecule has 0 aromatic heterocycles. The van der Waals surface area contributed by atoms with Gasteiger partial charge >= 0.3 is 5.97 Å². The SMILES string of the molecule is CC(C)C[C@H](NC(=O)[C@H](CO)NC(=O)[C@H](C)NC(=O)[C@H](CCCN=C(N)N)NC(=O)[C@H](CCCN=C(N)N)NC(=O)[C@H](CC(C)C)NC(=O)[C@H](CCCN=C(N)N)NC(=O)[C@@H](N)CCCN=C(N)N)C(=O)NCC(=O)O. The van der Waals surface area contributed by atoms with Gasteiger partial charge in [-0.15, -0.1) is 0 Å². The first kappa shape index (κ1) is 68.2. The van der Waals surface area contributed by atoms with Gasteiger partial charge in [0.25, 0.3) is 0 Å². The van der Waals surface area contributed by atoms with Crippen molar-refractivity contribution in [2.24, 2.45) is 83.4 Å². The number of aliphatic hydroxyl groups excluding tert-OH is 1. The Hall–Kier alpha value is -7.77.